The molecule has 2 bridgehead atoms. The quantitative estimate of drug-likeness (QED) is 0.608. The molecule has 2 fully saturated rings. The number of imide groups is 1. The Balaban J connectivity index is 1.36. The third kappa shape index (κ3) is 2.57. The highest BCUT2D eigenvalue weighted by molar-refractivity contribution is 7.16. The molecule has 2 heterocycles. The van der Waals surface area contributed by atoms with E-state index >= 15 is 0 Å². The second kappa shape index (κ2) is 6.64. The number of nitrogens with zero attached hydrogens (tertiary/aromatic N) is 2. The van der Waals surface area contributed by atoms with Gasteiger partial charge < -0.3 is 5.32 Å². The first-order valence-corrected chi connectivity index (χ1v) is 10.7. The zero-order valence-electron chi connectivity index (χ0n) is 16.5. The van der Waals surface area contributed by atoms with Crippen molar-refractivity contribution >= 4 is 39.7 Å². The van der Waals surface area contributed by atoms with Crippen LogP contribution in [0.3, 0.4) is 0 Å². The van der Waals surface area contributed by atoms with Crippen LogP contribution >= 0.6 is 11.3 Å². The van der Waals surface area contributed by atoms with Gasteiger partial charge in [0.05, 0.1) is 23.1 Å². The Labute approximate surface area is 177 Å². The average molecular weight is 417 g/mol. The number of fused-ring (bicyclic) bond motifs is 5. The summed E-state index contributed by atoms with van der Waals surface area (Å²) in [6, 6.07) is 8.62. The maximum absolute atomic E-state index is 12.9. The lowest BCUT2D eigenvalue weighted by molar-refractivity contribution is -0.123. The lowest BCUT2D eigenvalue weighted by Gasteiger charge is -2.17. The van der Waals surface area contributed by atoms with E-state index in [-0.39, 0.29) is 41.4 Å². The Bertz CT molecular complexity index is 1140. The van der Waals surface area contributed by atoms with Crippen LogP contribution in [-0.2, 0) is 9.59 Å². The molecular formula is C23H19N3O3S. The van der Waals surface area contributed by atoms with Gasteiger partial charge >= 0.3 is 0 Å². The molecule has 0 spiro atoms. The van der Waals surface area contributed by atoms with Gasteiger partial charge in [-0.3, -0.25) is 19.3 Å². The topological polar surface area (TPSA) is 90.3 Å². The van der Waals surface area contributed by atoms with Crippen molar-refractivity contribution in [3.63, 3.8) is 0 Å². The van der Waals surface area contributed by atoms with E-state index < -0.39 is 0 Å². The zero-order chi connectivity index (χ0) is 21.2. The Kier molecular flexibility index (Phi) is 4.16. The molecule has 2 aliphatic carbocycles. The van der Waals surface area contributed by atoms with E-state index in [9.17, 15) is 19.6 Å². The first kappa shape index (κ1) is 18.8. The lowest BCUT2D eigenvalue weighted by Crippen LogP contribution is -2.32. The van der Waals surface area contributed by atoms with E-state index in [4.69, 9.17) is 0 Å². The van der Waals surface area contributed by atoms with Gasteiger partial charge in [0.25, 0.3) is 5.91 Å². The Morgan fingerprint density at radius 1 is 1.10 bits per heavy atom. The van der Waals surface area contributed by atoms with Crippen molar-refractivity contribution in [2.45, 2.75) is 20.3 Å². The highest BCUT2D eigenvalue weighted by atomic mass is 32.1. The van der Waals surface area contributed by atoms with E-state index in [1.807, 2.05) is 13.8 Å². The normalized spacial score (nSPS) is 26.2. The number of carbonyl (C=O) groups excluding carboxylic acids is 3. The molecule has 7 heteroatoms. The Morgan fingerprint density at radius 2 is 1.70 bits per heavy atom. The molecule has 1 saturated carbocycles. The lowest BCUT2D eigenvalue weighted by atomic mass is 9.85. The number of benzene rings is 1. The molecule has 5 rings (SSSR count). The van der Waals surface area contributed by atoms with Gasteiger partial charge in [0, 0.05) is 10.4 Å². The molecule has 4 atom stereocenters. The summed E-state index contributed by atoms with van der Waals surface area (Å²) in [7, 11) is 0. The van der Waals surface area contributed by atoms with Crippen molar-refractivity contribution in [1.29, 1.82) is 5.26 Å². The minimum atomic E-state index is -0.336. The molecule has 3 amide bonds. The van der Waals surface area contributed by atoms with Crippen LogP contribution in [0.5, 0.6) is 0 Å². The fourth-order valence-corrected chi connectivity index (χ4v) is 5.95. The fraction of sp³-hybridized carbons (Fsp3) is 0.304. The summed E-state index contributed by atoms with van der Waals surface area (Å²) >= 11 is 1.37. The number of nitriles is 1. The van der Waals surface area contributed by atoms with Crippen LogP contribution in [0, 0.1) is 48.9 Å². The monoisotopic (exact) mass is 417 g/mol. The van der Waals surface area contributed by atoms with Crippen molar-refractivity contribution in [1.82, 2.24) is 0 Å². The summed E-state index contributed by atoms with van der Waals surface area (Å²) in [5.41, 5.74) is 2.24. The molecule has 0 radical (unpaired) electrons. The number of anilines is 2. The summed E-state index contributed by atoms with van der Waals surface area (Å²) in [6.45, 7) is 3.77. The summed E-state index contributed by atoms with van der Waals surface area (Å²) in [4.78, 5) is 40.7. The van der Waals surface area contributed by atoms with Gasteiger partial charge in [0.2, 0.25) is 11.8 Å². The summed E-state index contributed by atoms with van der Waals surface area (Å²) in [5.74, 6) is -0.769. The van der Waals surface area contributed by atoms with Gasteiger partial charge in [-0.1, -0.05) is 12.2 Å². The second-order valence-corrected chi connectivity index (χ2v) is 9.34. The number of aryl methyl sites for hydroxylation is 1. The molecule has 1 aromatic carbocycles. The van der Waals surface area contributed by atoms with Crippen molar-refractivity contribution in [2.24, 2.45) is 23.7 Å². The van der Waals surface area contributed by atoms with Crippen LogP contribution in [0.2, 0.25) is 0 Å². The molecule has 6 nitrogen and oxygen atoms in total. The molecule has 150 valence electrons. The van der Waals surface area contributed by atoms with Crippen molar-refractivity contribution in [3.8, 4) is 6.07 Å². The van der Waals surface area contributed by atoms with Crippen LogP contribution in [-0.4, -0.2) is 17.7 Å². The summed E-state index contributed by atoms with van der Waals surface area (Å²) in [6.07, 6.45) is 5.03. The van der Waals surface area contributed by atoms with E-state index in [1.165, 1.54) is 16.2 Å². The largest absolute Gasteiger partial charge is 0.312 e. The van der Waals surface area contributed by atoms with Crippen LogP contribution in [0.4, 0.5) is 10.7 Å². The number of allylic oxidation sites excluding steroid dienone is 2. The zero-order valence-corrected chi connectivity index (χ0v) is 17.3. The van der Waals surface area contributed by atoms with Gasteiger partial charge in [-0.25, -0.2) is 0 Å². The van der Waals surface area contributed by atoms with Crippen LogP contribution in [0.1, 0.15) is 32.8 Å². The summed E-state index contributed by atoms with van der Waals surface area (Å²) < 4.78 is 0. The number of hydrogen-bond acceptors (Lipinski definition) is 5. The number of nitrogens with one attached hydrogen (secondary N) is 1. The first-order chi connectivity index (χ1) is 14.4. The molecule has 2 aromatic rings. The SMILES string of the molecule is Cc1sc(NC(=O)c2ccc(N3C(=O)[C@@H]4[C@H](C3=O)[C@H]3C=C[C@H]4C3)cc2)c(C#N)c1C. The van der Waals surface area contributed by atoms with Gasteiger partial charge in [0.15, 0.2) is 0 Å². The third-order valence-corrected chi connectivity index (χ3v) is 7.70. The minimum absolute atomic E-state index is 0.137. The number of carbonyl (C=O) groups is 3. The number of amides is 3. The van der Waals surface area contributed by atoms with E-state index in [2.05, 4.69) is 23.5 Å². The van der Waals surface area contributed by atoms with Gasteiger partial charge in [-0.15, -0.1) is 11.3 Å². The molecule has 1 aromatic heterocycles. The van der Waals surface area contributed by atoms with Crippen LogP contribution in [0.25, 0.3) is 0 Å². The Hall–Kier alpha value is -3.24. The van der Waals surface area contributed by atoms with Crippen molar-refractivity contribution in [3.05, 3.63) is 58.0 Å². The Morgan fingerprint density at radius 3 is 2.27 bits per heavy atom. The van der Waals surface area contributed by atoms with Gasteiger partial charge in [0.1, 0.15) is 11.1 Å². The highest BCUT2D eigenvalue weighted by Gasteiger charge is 2.59. The molecule has 30 heavy (non-hydrogen) atoms. The first-order valence-electron chi connectivity index (χ1n) is 9.88. The minimum Gasteiger partial charge on any atom is -0.312 e. The highest BCUT2D eigenvalue weighted by Crippen LogP contribution is 2.53. The molecule has 1 aliphatic heterocycles. The molecule has 0 unspecified atom stereocenters. The molecule has 1 N–H and O–H groups in total. The van der Waals surface area contributed by atoms with Crippen molar-refractivity contribution in [2.75, 3.05) is 10.2 Å². The molecular weight excluding hydrogens is 398 g/mol. The fourth-order valence-electron chi connectivity index (χ4n) is 4.94. The van der Waals surface area contributed by atoms with E-state index in [0.29, 0.717) is 21.8 Å². The molecule has 3 aliphatic rings. The maximum Gasteiger partial charge on any atom is 0.256 e. The van der Waals surface area contributed by atoms with E-state index in [0.717, 1.165) is 16.9 Å². The average Bonchev–Trinajstić information content (AvgIpc) is 3.47. The maximum atomic E-state index is 12.9. The summed E-state index contributed by atoms with van der Waals surface area (Å²) in [5, 5.41) is 12.7. The van der Waals surface area contributed by atoms with Crippen LogP contribution in [0.15, 0.2) is 36.4 Å². The smallest absolute Gasteiger partial charge is 0.256 e. The predicted octanol–water partition coefficient (Wildman–Crippen LogP) is 3.80. The van der Waals surface area contributed by atoms with Gasteiger partial charge in [-0.05, 0) is 61.9 Å². The number of thiophene rings is 1. The molecule has 1 saturated heterocycles. The third-order valence-electron chi connectivity index (χ3n) is 6.58. The van der Waals surface area contributed by atoms with Crippen LogP contribution < -0.4 is 10.2 Å². The standard InChI is InChI=1S/C23H19N3O3S/c1-11-12(2)30-21(17(11)10-24)25-20(27)13-5-7-16(8-6-13)26-22(28)18-14-3-4-15(9-14)19(18)23(26)29/h3-8,14-15,18-19H,9H2,1-2H3,(H,25,27)/t14-,15-,18-,19+/m0/s1. The predicted molar refractivity (Wildman–Crippen MR) is 113 cm³/mol. The van der Waals surface area contributed by atoms with E-state index in [1.54, 1.807) is 24.3 Å². The number of hydrogen-bond donors (Lipinski definition) is 1. The number of rotatable bonds is 3. The second-order valence-electron chi connectivity index (χ2n) is 8.11. The van der Waals surface area contributed by atoms with Crippen molar-refractivity contribution < 1.29 is 14.4 Å². The van der Waals surface area contributed by atoms with Gasteiger partial charge in [-0.2, -0.15) is 5.26 Å².